The largest absolute Gasteiger partial charge is 0.479 e. The number of urea groups is 1. The average molecular weight is 288 g/mol. The van der Waals surface area contributed by atoms with Gasteiger partial charge in [0.15, 0.2) is 6.04 Å². The summed E-state index contributed by atoms with van der Waals surface area (Å²) < 4.78 is 1.62. The first kappa shape index (κ1) is 14.6. The molecule has 0 radical (unpaired) electrons. The van der Waals surface area contributed by atoms with Crippen molar-refractivity contribution in [2.24, 2.45) is 7.05 Å². The van der Waals surface area contributed by atoms with Gasteiger partial charge in [0.2, 0.25) is 0 Å². The van der Waals surface area contributed by atoms with E-state index >= 15 is 0 Å². The lowest BCUT2D eigenvalue weighted by atomic mass is 10.1. The Morgan fingerprint density at radius 3 is 2.57 bits per heavy atom. The molecule has 1 aromatic carbocycles. The van der Waals surface area contributed by atoms with Crippen LogP contribution in [0.5, 0.6) is 0 Å². The van der Waals surface area contributed by atoms with Crippen molar-refractivity contribution in [2.45, 2.75) is 12.6 Å². The molecular weight excluding hydrogens is 272 g/mol. The van der Waals surface area contributed by atoms with Crippen molar-refractivity contribution < 1.29 is 14.7 Å². The Hall–Kier alpha value is -2.83. The number of amides is 2. The zero-order valence-electron chi connectivity index (χ0n) is 11.5. The highest BCUT2D eigenvalue weighted by molar-refractivity contribution is 5.83. The number of aliphatic carboxylic acids is 1. The third kappa shape index (κ3) is 4.07. The first-order valence-electron chi connectivity index (χ1n) is 6.37. The summed E-state index contributed by atoms with van der Waals surface area (Å²) >= 11 is 0. The van der Waals surface area contributed by atoms with Gasteiger partial charge in [-0.3, -0.25) is 4.68 Å². The molecule has 2 amide bonds. The van der Waals surface area contributed by atoms with Gasteiger partial charge in [-0.15, -0.1) is 0 Å². The van der Waals surface area contributed by atoms with Crippen LogP contribution in [0.3, 0.4) is 0 Å². The van der Waals surface area contributed by atoms with Crippen LogP contribution in [0.25, 0.3) is 0 Å². The van der Waals surface area contributed by atoms with E-state index in [-0.39, 0.29) is 6.54 Å². The van der Waals surface area contributed by atoms with Crippen LogP contribution >= 0.6 is 0 Å². The highest BCUT2D eigenvalue weighted by Gasteiger charge is 2.21. The second-order valence-corrected chi connectivity index (χ2v) is 4.49. The fourth-order valence-electron chi connectivity index (χ4n) is 1.84. The highest BCUT2D eigenvalue weighted by Crippen LogP contribution is 2.12. The molecule has 1 atom stereocenters. The molecular formula is C14H16N4O3. The number of carbonyl (C=O) groups excluding carboxylic acids is 1. The average Bonchev–Trinajstić information content (AvgIpc) is 2.89. The molecule has 110 valence electrons. The van der Waals surface area contributed by atoms with Crippen LogP contribution in [-0.4, -0.2) is 26.9 Å². The number of nitrogens with zero attached hydrogens (tertiary/aromatic N) is 2. The predicted octanol–water partition coefficient (Wildman–Crippen LogP) is 1.05. The number of benzene rings is 1. The second-order valence-electron chi connectivity index (χ2n) is 4.49. The molecule has 21 heavy (non-hydrogen) atoms. The van der Waals surface area contributed by atoms with Crippen molar-refractivity contribution >= 4 is 12.0 Å². The van der Waals surface area contributed by atoms with Crippen molar-refractivity contribution in [3.8, 4) is 0 Å². The first-order chi connectivity index (χ1) is 10.1. The summed E-state index contributed by atoms with van der Waals surface area (Å²) in [6.45, 7) is 0.230. The predicted molar refractivity (Wildman–Crippen MR) is 75.4 cm³/mol. The van der Waals surface area contributed by atoms with Crippen LogP contribution in [0.15, 0.2) is 42.6 Å². The summed E-state index contributed by atoms with van der Waals surface area (Å²) in [6.07, 6.45) is 1.76. The number of carbonyl (C=O) groups is 2. The van der Waals surface area contributed by atoms with Crippen LogP contribution in [-0.2, 0) is 18.4 Å². The van der Waals surface area contributed by atoms with Gasteiger partial charge in [-0.05, 0) is 11.6 Å². The van der Waals surface area contributed by atoms with Crippen LogP contribution in [0.1, 0.15) is 17.3 Å². The Bertz CT molecular complexity index is 624. The molecule has 1 heterocycles. The number of rotatable bonds is 5. The summed E-state index contributed by atoms with van der Waals surface area (Å²) in [5.41, 5.74) is 1.21. The summed E-state index contributed by atoms with van der Waals surface area (Å²) in [7, 11) is 1.78. The minimum Gasteiger partial charge on any atom is -0.479 e. The van der Waals surface area contributed by atoms with Gasteiger partial charge in [0, 0.05) is 13.2 Å². The number of hydrogen-bond donors (Lipinski definition) is 3. The minimum atomic E-state index is -1.12. The van der Waals surface area contributed by atoms with E-state index in [0.29, 0.717) is 11.3 Å². The molecule has 0 aliphatic heterocycles. The molecule has 0 aliphatic rings. The number of hydrogen-bond acceptors (Lipinski definition) is 3. The molecule has 7 heteroatoms. The van der Waals surface area contributed by atoms with Crippen LogP contribution in [0, 0.1) is 0 Å². The Balaban J connectivity index is 1.94. The summed E-state index contributed by atoms with van der Waals surface area (Å²) in [5, 5.41) is 18.3. The zero-order chi connectivity index (χ0) is 15.2. The van der Waals surface area contributed by atoms with Gasteiger partial charge in [0.1, 0.15) is 0 Å². The van der Waals surface area contributed by atoms with Crippen LogP contribution < -0.4 is 10.6 Å². The lowest BCUT2D eigenvalue weighted by molar-refractivity contribution is -0.139. The number of carboxylic acids is 1. The Kier molecular flexibility index (Phi) is 4.55. The van der Waals surface area contributed by atoms with Gasteiger partial charge in [-0.1, -0.05) is 30.3 Å². The maximum Gasteiger partial charge on any atom is 0.330 e. The molecule has 0 spiro atoms. The quantitative estimate of drug-likeness (QED) is 0.766. The first-order valence-corrected chi connectivity index (χ1v) is 6.37. The second kappa shape index (κ2) is 6.56. The van der Waals surface area contributed by atoms with Crippen molar-refractivity contribution in [3.63, 3.8) is 0 Å². The van der Waals surface area contributed by atoms with E-state index in [9.17, 15) is 14.7 Å². The molecule has 3 N–H and O–H groups in total. The van der Waals surface area contributed by atoms with Crippen molar-refractivity contribution in [1.82, 2.24) is 20.4 Å². The van der Waals surface area contributed by atoms with E-state index in [2.05, 4.69) is 15.7 Å². The van der Waals surface area contributed by atoms with E-state index in [1.165, 1.54) is 0 Å². The van der Waals surface area contributed by atoms with E-state index in [1.54, 1.807) is 54.3 Å². The van der Waals surface area contributed by atoms with E-state index in [1.807, 2.05) is 0 Å². The van der Waals surface area contributed by atoms with Gasteiger partial charge < -0.3 is 15.7 Å². The summed E-state index contributed by atoms with van der Waals surface area (Å²) in [4.78, 5) is 23.0. The third-order valence-electron chi connectivity index (χ3n) is 2.85. The van der Waals surface area contributed by atoms with E-state index in [4.69, 9.17) is 0 Å². The van der Waals surface area contributed by atoms with Crippen molar-refractivity contribution in [2.75, 3.05) is 0 Å². The van der Waals surface area contributed by atoms with Gasteiger partial charge in [0.25, 0.3) is 0 Å². The van der Waals surface area contributed by atoms with Crippen molar-refractivity contribution in [1.29, 1.82) is 0 Å². The fraction of sp³-hybridized carbons (Fsp3) is 0.214. The molecule has 2 aromatic rings. The number of aryl methyl sites for hydroxylation is 1. The lowest BCUT2D eigenvalue weighted by Gasteiger charge is -2.15. The molecule has 7 nitrogen and oxygen atoms in total. The number of aromatic nitrogens is 2. The minimum absolute atomic E-state index is 0.230. The molecule has 1 aromatic heterocycles. The standard InChI is InChI=1S/C14H16N4O3/c1-18-8-7-11(17-18)9-15-14(21)16-12(13(19)20)10-5-3-2-4-6-10/h2-8,12H,9H2,1H3,(H,19,20)(H2,15,16,21). The summed E-state index contributed by atoms with van der Waals surface area (Å²) in [6, 6.07) is 8.65. The molecule has 0 fully saturated rings. The van der Waals surface area contributed by atoms with Crippen LogP contribution in [0.4, 0.5) is 4.79 Å². The highest BCUT2D eigenvalue weighted by atomic mass is 16.4. The van der Waals surface area contributed by atoms with Gasteiger partial charge in [-0.2, -0.15) is 5.10 Å². The van der Waals surface area contributed by atoms with Crippen molar-refractivity contribution in [3.05, 3.63) is 53.9 Å². The molecule has 0 bridgehead atoms. The number of nitrogens with one attached hydrogen (secondary N) is 2. The van der Waals surface area contributed by atoms with E-state index in [0.717, 1.165) is 0 Å². The van der Waals surface area contributed by atoms with Gasteiger partial charge in [0.05, 0.1) is 12.2 Å². The number of carboxylic acid groups (broad SMARTS) is 1. The Morgan fingerprint density at radius 2 is 2.00 bits per heavy atom. The maximum atomic E-state index is 11.8. The molecule has 1 unspecified atom stereocenters. The van der Waals surface area contributed by atoms with Crippen LogP contribution in [0.2, 0.25) is 0 Å². The monoisotopic (exact) mass is 288 g/mol. The zero-order valence-corrected chi connectivity index (χ0v) is 11.5. The topological polar surface area (TPSA) is 96.2 Å². The molecule has 0 saturated carbocycles. The van der Waals surface area contributed by atoms with Gasteiger partial charge >= 0.3 is 12.0 Å². The fourth-order valence-corrected chi connectivity index (χ4v) is 1.84. The molecule has 0 aliphatic carbocycles. The van der Waals surface area contributed by atoms with E-state index < -0.39 is 18.0 Å². The molecule has 0 saturated heterocycles. The molecule has 2 rings (SSSR count). The summed E-state index contributed by atoms with van der Waals surface area (Å²) in [5.74, 6) is -1.12. The smallest absolute Gasteiger partial charge is 0.330 e. The SMILES string of the molecule is Cn1ccc(CNC(=O)NC(C(=O)O)c2ccccc2)n1. The Morgan fingerprint density at radius 1 is 1.29 bits per heavy atom. The third-order valence-corrected chi connectivity index (χ3v) is 2.85. The normalized spacial score (nSPS) is 11.7. The maximum absolute atomic E-state index is 11.8. The van der Waals surface area contributed by atoms with Gasteiger partial charge in [-0.25, -0.2) is 9.59 Å². The Labute approximate surface area is 121 Å². The lowest BCUT2D eigenvalue weighted by Crippen LogP contribution is -2.40.